The van der Waals surface area contributed by atoms with Gasteiger partial charge in [0.15, 0.2) is 0 Å². The van der Waals surface area contributed by atoms with Crippen molar-refractivity contribution in [2.45, 2.75) is 37.8 Å². The molecule has 0 unspecified atom stereocenters. The highest BCUT2D eigenvalue weighted by atomic mass is 19.1. The molecule has 0 aromatic heterocycles. The zero-order valence-corrected chi connectivity index (χ0v) is 14.6. The number of hydrogen-bond donors (Lipinski definition) is 3. The highest BCUT2D eigenvalue weighted by Gasteiger charge is 2.29. The van der Waals surface area contributed by atoms with Crippen molar-refractivity contribution in [1.29, 1.82) is 0 Å². The van der Waals surface area contributed by atoms with Crippen LogP contribution in [0.1, 0.15) is 37.3 Å². The van der Waals surface area contributed by atoms with E-state index < -0.39 is 6.04 Å². The second kappa shape index (κ2) is 8.74. The molecule has 25 heavy (non-hydrogen) atoms. The van der Waals surface area contributed by atoms with Gasteiger partial charge >= 0.3 is 0 Å². The summed E-state index contributed by atoms with van der Waals surface area (Å²) < 4.78 is 13.2. The Balaban J connectivity index is 1.56. The number of carbonyl (C=O) groups is 1. The Hall–Kier alpha value is -1.50. The lowest BCUT2D eigenvalue weighted by atomic mass is 9.95. The van der Waals surface area contributed by atoms with Gasteiger partial charge in [-0.25, -0.2) is 4.39 Å². The summed E-state index contributed by atoms with van der Waals surface area (Å²) in [7, 11) is 0. The first-order valence-electron chi connectivity index (χ1n) is 9.28. The number of hydrogen-bond acceptors (Lipinski definition) is 4. The van der Waals surface area contributed by atoms with Gasteiger partial charge in [0.25, 0.3) is 0 Å². The molecule has 1 aromatic rings. The van der Waals surface area contributed by atoms with E-state index in [4.69, 9.17) is 5.11 Å². The van der Waals surface area contributed by atoms with Crippen LogP contribution in [-0.2, 0) is 4.79 Å². The second-order valence-electron chi connectivity index (χ2n) is 7.18. The van der Waals surface area contributed by atoms with E-state index in [2.05, 4.69) is 15.5 Å². The summed E-state index contributed by atoms with van der Waals surface area (Å²) in [4.78, 5) is 14.9. The minimum absolute atomic E-state index is 0.0215. The fourth-order valence-corrected chi connectivity index (χ4v) is 3.37. The SMILES string of the molecule is O=C(NC1CC1)[C@H](NCC1CCN(CCO)CC1)c1ccc(F)cc1. The Labute approximate surface area is 148 Å². The first-order valence-corrected chi connectivity index (χ1v) is 9.28. The maximum Gasteiger partial charge on any atom is 0.241 e. The summed E-state index contributed by atoms with van der Waals surface area (Å²) in [6.07, 6.45) is 4.22. The largest absolute Gasteiger partial charge is 0.395 e. The van der Waals surface area contributed by atoms with E-state index in [1.165, 1.54) is 12.1 Å². The zero-order chi connectivity index (χ0) is 17.6. The Morgan fingerprint density at radius 2 is 1.88 bits per heavy atom. The number of nitrogens with one attached hydrogen (secondary N) is 2. The summed E-state index contributed by atoms with van der Waals surface area (Å²) in [5.74, 6) is 0.208. The van der Waals surface area contributed by atoms with Crippen LogP contribution in [0.25, 0.3) is 0 Å². The van der Waals surface area contributed by atoms with Crippen molar-refractivity contribution in [3.8, 4) is 0 Å². The fraction of sp³-hybridized carbons (Fsp3) is 0.632. The number of likely N-dealkylation sites (tertiary alicyclic amines) is 1. The van der Waals surface area contributed by atoms with Crippen LogP contribution in [0.15, 0.2) is 24.3 Å². The molecule has 0 spiro atoms. The van der Waals surface area contributed by atoms with Crippen molar-refractivity contribution >= 4 is 5.91 Å². The second-order valence-corrected chi connectivity index (χ2v) is 7.18. The van der Waals surface area contributed by atoms with Crippen molar-refractivity contribution in [2.24, 2.45) is 5.92 Å². The molecule has 138 valence electrons. The summed E-state index contributed by atoms with van der Waals surface area (Å²) in [5, 5.41) is 15.5. The Bertz CT molecular complexity index is 554. The first-order chi connectivity index (χ1) is 12.2. The molecule has 1 aliphatic heterocycles. The minimum Gasteiger partial charge on any atom is -0.395 e. The summed E-state index contributed by atoms with van der Waals surface area (Å²) in [6, 6.07) is 6.05. The van der Waals surface area contributed by atoms with Gasteiger partial charge in [0.05, 0.1) is 6.61 Å². The molecule has 1 amide bonds. The van der Waals surface area contributed by atoms with E-state index in [0.717, 1.165) is 57.4 Å². The maximum atomic E-state index is 13.2. The minimum atomic E-state index is -0.434. The molecule has 1 aliphatic carbocycles. The molecular formula is C19H28FN3O2. The number of piperidine rings is 1. The molecule has 1 heterocycles. The molecule has 6 heteroatoms. The van der Waals surface area contributed by atoms with Crippen LogP contribution >= 0.6 is 0 Å². The van der Waals surface area contributed by atoms with E-state index in [0.29, 0.717) is 12.0 Å². The van der Waals surface area contributed by atoms with Crippen molar-refractivity contribution in [2.75, 3.05) is 32.8 Å². The summed E-state index contributed by atoms with van der Waals surface area (Å²) in [5.41, 5.74) is 0.803. The number of aliphatic hydroxyl groups is 1. The van der Waals surface area contributed by atoms with Crippen LogP contribution in [-0.4, -0.2) is 54.7 Å². The molecule has 3 N–H and O–H groups in total. The van der Waals surface area contributed by atoms with Gasteiger partial charge in [0, 0.05) is 12.6 Å². The summed E-state index contributed by atoms with van der Waals surface area (Å²) in [6.45, 7) is 3.69. The number of rotatable bonds is 8. The monoisotopic (exact) mass is 349 g/mol. The van der Waals surface area contributed by atoms with Crippen molar-refractivity contribution in [3.05, 3.63) is 35.6 Å². The predicted molar refractivity (Wildman–Crippen MR) is 94.6 cm³/mol. The molecule has 1 saturated carbocycles. The van der Waals surface area contributed by atoms with Gasteiger partial charge in [-0.05, 0) is 68.9 Å². The lowest BCUT2D eigenvalue weighted by Crippen LogP contribution is -2.43. The Morgan fingerprint density at radius 3 is 2.48 bits per heavy atom. The Morgan fingerprint density at radius 1 is 1.20 bits per heavy atom. The number of nitrogens with zero attached hydrogens (tertiary/aromatic N) is 1. The highest BCUT2D eigenvalue weighted by Crippen LogP contribution is 2.22. The topological polar surface area (TPSA) is 64.6 Å². The maximum absolute atomic E-state index is 13.2. The van der Waals surface area contributed by atoms with Crippen LogP contribution in [0.4, 0.5) is 4.39 Å². The van der Waals surface area contributed by atoms with Crippen LogP contribution in [0.5, 0.6) is 0 Å². The highest BCUT2D eigenvalue weighted by molar-refractivity contribution is 5.83. The molecular weight excluding hydrogens is 321 g/mol. The van der Waals surface area contributed by atoms with Crippen molar-refractivity contribution in [3.63, 3.8) is 0 Å². The first kappa shape index (κ1) is 18.3. The van der Waals surface area contributed by atoms with Gasteiger partial charge in [-0.15, -0.1) is 0 Å². The number of carbonyl (C=O) groups excluding carboxylic acids is 1. The molecule has 2 fully saturated rings. The van der Waals surface area contributed by atoms with Gasteiger partial charge in [0.1, 0.15) is 11.9 Å². The lowest BCUT2D eigenvalue weighted by Gasteiger charge is -2.32. The number of aliphatic hydroxyl groups excluding tert-OH is 1. The molecule has 3 rings (SSSR count). The normalized spacial score (nSPS) is 20.4. The average Bonchev–Trinajstić information content (AvgIpc) is 3.42. The van der Waals surface area contributed by atoms with E-state index in [9.17, 15) is 9.18 Å². The molecule has 1 atom stereocenters. The van der Waals surface area contributed by atoms with Crippen molar-refractivity contribution < 1.29 is 14.3 Å². The van der Waals surface area contributed by atoms with E-state index in [1.54, 1.807) is 12.1 Å². The van der Waals surface area contributed by atoms with Gasteiger partial charge in [-0.2, -0.15) is 0 Å². The smallest absolute Gasteiger partial charge is 0.241 e. The third-order valence-corrected chi connectivity index (χ3v) is 5.12. The van der Waals surface area contributed by atoms with Crippen LogP contribution in [0.2, 0.25) is 0 Å². The fourth-order valence-electron chi connectivity index (χ4n) is 3.37. The van der Waals surface area contributed by atoms with Gasteiger partial charge < -0.3 is 20.6 Å². The van der Waals surface area contributed by atoms with Crippen LogP contribution in [0, 0.1) is 11.7 Å². The molecule has 5 nitrogen and oxygen atoms in total. The molecule has 2 aliphatic rings. The molecule has 1 aromatic carbocycles. The number of amides is 1. The van der Waals surface area contributed by atoms with Gasteiger partial charge in [0.2, 0.25) is 5.91 Å². The van der Waals surface area contributed by atoms with Gasteiger partial charge in [-0.3, -0.25) is 4.79 Å². The van der Waals surface area contributed by atoms with Crippen molar-refractivity contribution in [1.82, 2.24) is 15.5 Å². The standard InChI is InChI=1S/C19H28FN3O2/c20-16-3-1-15(2-4-16)18(19(25)22-17-5-6-17)21-13-14-7-9-23(10-8-14)11-12-24/h1-4,14,17-18,21,24H,5-13H2,(H,22,25)/t18-/m1/s1. The van der Waals surface area contributed by atoms with E-state index in [-0.39, 0.29) is 18.3 Å². The van der Waals surface area contributed by atoms with Crippen LogP contribution in [0.3, 0.4) is 0 Å². The number of β-amino-alcohol motifs (C(OH)–C–C–N with tert-alkyl or cyclic N) is 1. The molecule has 1 saturated heterocycles. The third kappa shape index (κ3) is 5.49. The third-order valence-electron chi connectivity index (χ3n) is 5.12. The number of halogens is 1. The average molecular weight is 349 g/mol. The summed E-state index contributed by atoms with van der Waals surface area (Å²) >= 11 is 0. The molecule has 0 radical (unpaired) electrons. The molecule has 0 bridgehead atoms. The predicted octanol–water partition coefficient (Wildman–Crippen LogP) is 1.44. The lowest BCUT2D eigenvalue weighted by molar-refractivity contribution is -0.123. The van der Waals surface area contributed by atoms with Gasteiger partial charge in [-0.1, -0.05) is 12.1 Å². The van der Waals surface area contributed by atoms with Crippen LogP contribution < -0.4 is 10.6 Å². The number of benzene rings is 1. The van der Waals surface area contributed by atoms with E-state index in [1.807, 2.05) is 0 Å². The zero-order valence-electron chi connectivity index (χ0n) is 14.6. The quantitative estimate of drug-likeness (QED) is 0.665. The van der Waals surface area contributed by atoms with E-state index >= 15 is 0 Å². The Kier molecular flexibility index (Phi) is 6.39.